The summed E-state index contributed by atoms with van der Waals surface area (Å²) in [6.07, 6.45) is 5.91. The van der Waals surface area contributed by atoms with E-state index in [-0.39, 0.29) is 5.69 Å². The number of nitrogens with zero attached hydrogens (tertiary/aromatic N) is 2. The van der Waals surface area contributed by atoms with Crippen LogP contribution < -0.4 is 16.2 Å². The van der Waals surface area contributed by atoms with Crippen molar-refractivity contribution in [2.75, 3.05) is 12.3 Å². The van der Waals surface area contributed by atoms with E-state index in [2.05, 4.69) is 0 Å². The predicted molar refractivity (Wildman–Crippen MR) is 78.1 cm³/mol. The fourth-order valence-corrected chi connectivity index (χ4v) is 2.38. The van der Waals surface area contributed by atoms with Gasteiger partial charge in [-0.1, -0.05) is 0 Å². The molecule has 1 aromatic carbocycles. The van der Waals surface area contributed by atoms with Crippen molar-refractivity contribution in [1.29, 1.82) is 0 Å². The lowest BCUT2D eigenvalue weighted by Crippen LogP contribution is -2.24. The molecule has 1 aromatic heterocycles. The third-order valence-electron chi connectivity index (χ3n) is 3.54. The minimum absolute atomic E-state index is 0.0392. The Labute approximate surface area is 117 Å². The van der Waals surface area contributed by atoms with Crippen LogP contribution in [0.2, 0.25) is 0 Å². The Morgan fingerprint density at radius 1 is 1.35 bits per heavy atom. The molecule has 0 bridgehead atoms. The van der Waals surface area contributed by atoms with Crippen LogP contribution in [0.4, 0.5) is 5.69 Å². The van der Waals surface area contributed by atoms with E-state index in [9.17, 15) is 4.79 Å². The van der Waals surface area contributed by atoms with Gasteiger partial charge in [-0.3, -0.25) is 9.13 Å². The summed E-state index contributed by atoms with van der Waals surface area (Å²) in [6.45, 7) is 3.02. The van der Waals surface area contributed by atoms with Crippen LogP contribution in [0.1, 0.15) is 31.4 Å². The normalized spacial score (nSPS) is 14.4. The number of rotatable bonds is 5. The third kappa shape index (κ3) is 2.43. The Morgan fingerprint density at radius 2 is 2.15 bits per heavy atom. The number of ether oxygens (including phenoxy) is 1. The lowest BCUT2D eigenvalue weighted by molar-refractivity contribution is 0.335. The Bertz CT molecular complexity index is 668. The number of aromatic nitrogens is 2. The molecule has 1 fully saturated rings. The van der Waals surface area contributed by atoms with Crippen LogP contribution in [-0.4, -0.2) is 15.7 Å². The molecule has 0 saturated heterocycles. The Balaban J connectivity index is 1.90. The Morgan fingerprint density at radius 3 is 2.85 bits per heavy atom. The van der Waals surface area contributed by atoms with Crippen LogP contribution in [0, 0.1) is 0 Å². The average Bonchev–Trinajstić information content (AvgIpc) is 3.20. The molecule has 5 heteroatoms. The minimum atomic E-state index is 0.0392. The smallest absolute Gasteiger partial charge is 0.328 e. The van der Waals surface area contributed by atoms with Crippen LogP contribution in [-0.2, 0) is 6.54 Å². The molecule has 1 heterocycles. The number of nitrogen functional groups attached to an aromatic ring is 1. The van der Waals surface area contributed by atoms with Crippen LogP contribution >= 0.6 is 0 Å². The number of nitrogens with two attached hydrogens (primary N) is 1. The number of hydrogen-bond acceptors (Lipinski definition) is 3. The van der Waals surface area contributed by atoms with Gasteiger partial charge in [0.1, 0.15) is 5.75 Å². The van der Waals surface area contributed by atoms with Gasteiger partial charge >= 0.3 is 5.69 Å². The standard InChI is InChI=1S/C15H19N3O2/c1-2-20-14-6-3-12(16)9-11(14)10-17-7-8-18(15(17)19)13-4-5-13/h3,6-9,13H,2,4-5,10,16H2,1H3. The fourth-order valence-electron chi connectivity index (χ4n) is 2.38. The summed E-state index contributed by atoms with van der Waals surface area (Å²) in [6, 6.07) is 5.94. The first-order chi connectivity index (χ1) is 9.69. The predicted octanol–water partition coefficient (Wildman–Crippen LogP) is 2.01. The van der Waals surface area contributed by atoms with Crippen molar-refractivity contribution < 1.29 is 4.74 Å². The highest BCUT2D eigenvalue weighted by Gasteiger charge is 2.25. The van der Waals surface area contributed by atoms with Crippen molar-refractivity contribution in [3.05, 3.63) is 46.6 Å². The van der Waals surface area contributed by atoms with Crippen LogP contribution in [0.3, 0.4) is 0 Å². The second-order valence-corrected chi connectivity index (χ2v) is 5.15. The molecule has 106 valence electrons. The number of imidazole rings is 1. The molecule has 2 N–H and O–H groups in total. The molecule has 2 aromatic rings. The van der Waals surface area contributed by atoms with Gasteiger partial charge in [0.25, 0.3) is 0 Å². The third-order valence-corrected chi connectivity index (χ3v) is 3.54. The number of hydrogen-bond donors (Lipinski definition) is 1. The number of anilines is 1. The van der Waals surface area contributed by atoms with E-state index in [0.29, 0.717) is 24.9 Å². The summed E-state index contributed by atoms with van der Waals surface area (Å²) >= 11 is 0. The van der Waals surface area contributed by atoms with E-state index in [1.807, 2.05) is 42.1 Å². The maximum atomic E-state index is 12.3. The summed E-state index contributed by atoms with van der Waals surface area (Å²) in [5.74, 6) is 0.785. The molecule has 3 rings (SSSR count). The van der Waals surface area contributed by atoms with Gasteiger partial charge < -0.3 is 10.5 Å². The average molecular weight is 273 g/mol. The Hall–Kier alpha value is -2.17. The highest BCUT2D eigenvalue weighted by molar-refractivity contribution is 5.48. The van der Waals surface area contributed by atoms with E-state index >= 15 is 0 Å². The van der Waals surface area contributed by atoms with Gasteiger partial charge in [-0.15, -0.1) is 0 Å². The van der Waals surface area contributed by atoms with Crippen molar-refractivity contribution in [1.82, 2.24) is 9.13 Å². The highest BCUT2D eigenvalue weighted by atomic mass is 16.5. The van der Waals surface area contributed by atoms with Crippen molar-refractivity contribution >= 4 is 5.69 Å². The van der Waals surface area contributed by atoms with Gasteiger partial charge in [-0.05, 0) is 38.0 Å². The lowest BCUT2D eigenvalue weighted by Gasteiger charge is -2.11. The topological polar surface area (TPSA) is 62.2 Å². The lowest BCUT2D eigenvalue weighted by atomic mass is 10.1. The van der Waals surface area contributed by atoms with Crippen molar-refractivity contribution in [3.8, 4) is 5.75 Å². The van der Waals surface area contributed by atoms with E-state index in [0.717, 1.165) is 24.2 Å². The zero-order valence-electron chi connectivity index (χ0n) is 11.6. The molecule has 1 aliphatic rings. The van der Waals surface area contributed by atoms with Gasteiger partial charge in [-0.2, -0.15) is 0 Å². The summed E-state index contributed by atoms with van der Waals surface area (Å²) < 4.78 is 9.11. The molecule has 0 aliphatic heterocycles. The largest absolute Gasteiger partial charge is 0.494 e. The molecule has 1 aliphatic carbocycles. The summed E-state index contributed by atoms with van der Waals surface area (Å²) in [7, 11) is 0. The monoisotopic (exact) mass is 273 g/mol. The van der Waals surface area contributed by atoms with Gasteiger partial charge in [-0.25, -0.2) is 4.79 Å². The maximum Gasteiger partial charge on any atom is 0.328 e. The molecule has 0 unspecified atom stereocenters. The van der Waals surface area contributed by atoms with E-state index in [4.69, 9.17) is 10.5 Å². The van der Waals surface area contributed by atoms with E-state index in [1.165, 1.54) is 0 Å². The van der Waals surface area contributed by atoms with E-state index < -0.39 is 0 Å². The molecule has 0 radical (unpaired) electrons. The van der Waals surface area contributed by atoms with Crippen LogP contribution in [0.25, 0.3) is 0 Å². The second-order valence-electron chi connectivity index (χ2n) is 5.15. The highest BCUT2D eigenvalue weighted by Crippen LogP contribution is 2.33. The van der Waals surface area contributed by atoms with Gasteiger partial charge in [0, 0.05) is 29.7 Å². The zero-order chi connectivity index (χ0) is 14.1. The number of benzene rings is 1. The van der Waals surface area contributed by atoms with Crippen molar-refractivity contribution in [2.24, 2.45) is 0 Å². The van der Waals surface area contributed by atoms with Gasteiger partial charge in [0.2, 0.25) is 0 Å². The molecule has 5 nitrogen and oxygen atoms in total. The molecule has 0 atom stereocenters. The molecule has 1 saturated carbocycles. The van der Waals surface area contributed by atoms with Crippen LogP contribution in [0.5, 0.6) is 5.75 Å². The zero-order valence-corrected chi connectivity index (χ0v) is 11.6. The summed E-state index contributed by atoms with van der Waals surface area (Å²) in [4.78, 5) is 12.3. The van der Waals surface area contributed by atoms with Crippen molar-refractivity contribution in [3.63, 3.8) is 0 Å². The SMILES string of the molecule is CCOc1ccc(N)cc1Cn1ccn(C2CC2)c1=O. The molecular weight excluding hydrogens is 254 g/mol. The first kappa shape index (κ1) is 12.8. The molecule has 0 spiro atoms. The minimum Gasteiger partial charge on any atom is -0.494 e. The first-order valence-electron chi connectivity index (χ1n) is 6.97. The van der Waals surface area contributed by atoms with E-state index in [1.54, 1.807) is 4.57 Å². The first-order valence-corrected chi connectivity index (χ1v) is 6.97. The summed E-state index contributed by atoms with van der Waals surface area (Å²) in [5.41, 5.74) is 7.48. The van der Waals surface area contributed by atoms with Crippen LogP contribution in [0.15, 0.2) is 35.4 Å². The van der Waals surface area contributed by atoms with Gasteiger partial charge in [0.05, 0.1) is 13.2 Å². The molecule has 0 amide bonds. The molecule has 20 heavy (non-hydrogen) atoms. The van der Waals surface area contributed by atoms with Gasteiger partial charge in [0.15, 0.2) is 0 Å². The quantitative estimate of drug-likeness (QED) is 0.848. The molecular formula is C15H19N3O2. The summed E-state index contributed by atoms with van der Waals surface area (Å²) in [5, 5.41) is 0. The second kappa shape index (κ2) is 5.07. The van der Waals surface area contributed by atoms with Crippen molar-refractivity contribution in [2.45, 2.75) is 32.4 Å². The fraction of sp³-hybridized carbons (Fsp3) is 0.400. The Kier molecular flexibility index (Phi) is 3.26. The maximum absolute atomic E-state index is 12.3.